The average molecular weight is 609 g/mol. The summed E-state index contributed by atoms with van der Waals surface area (Å²) in [7, 11) is 0. The Kier molecular flexibility index (Phi) is 10.3. The molecule has 1 aliphatic heterocycles. The van der Waals surface area contributed by atoms with Crippen LogP contribution in [-0.2, 0) is 20.7 Å². The van der Waals surface area contributed by atoms with Crippen molar-refractivity contribution in [2.75, 3.05) is 24.6 Å². The molecule has 0 N–H and O–H groups in total. The molecule has 4 rings (SSSR count). The van der Waals surface area contributed by atoms with Crippen LogP contribution in [0, 0.1) is 24.0 Å². The number of hydrogen-bond acceptors (Lipinski definition) is 6. The van der Waals surface area contributed by atoms with Crippen molar-refractivity contribution in [2.24, 2.45) is 5.41 Å². The Morgan fingerprint density at radius 2 is 1.70 bits per heavy atom. The Morgan fingerprint density at radius 3 is 2.30 bits per heavy atom. The van der Waals surface area contributed by atoms with Crippen molar-refractivity contribution in [1.82, 2.24) is 4.98 Å². The zero-order valence-electron chi connectivity index (χ0n) is 27.3. The van der Waals surface area contributed by atoms with Crippen molar-refractivity contribution in [3.63, 3.8) is 0 Å². The van der Waals surface area contributed by atoms with E-state index in [4.69, 9.17) is 19.2 Å². The number of hydrogen-bond donors (Lipinski definition) is 0. The van der Waals surface area contributed by atoms with Crippen LogP contribution < -0.4 is 9.64 Å². The third-order valence-electron chi connectivity index (χ3n) is 7.82. The largest absolute Gasteiger partial charge is 0.490 e. The van der Waals surface area contributed by atoms with E-state index in [0.29, 0.717) is 28.8 Å². The number of aryl methyl sites for hydroxylation is 1. The Balaban J connectivity index is 1.75. The Morgan fingerprint density at radius 1 is 1.05 bits per heavy atom. The van der Waals surface area contributed by atoms with Gasteiger partial charge < -0.3 is 19.1 Å². The van der Waals surface area contributed by atoms with Gasteiger partial charge in [0.25, 0.3) is 0 Å². The lowest BCUT2D eigenvalue weighted by Gasteiger charge is -2.41. The van der Waals surface area contributed by atoms with Crippen LogP contribution >= 0.6 is 0 Å². The summed E-state index contributed by atoms with van der Waals surface area (Å²) in [5.74, 6) is -1.15. The molecule has 2 heterocycles. The minimum absolute atomic E-state index is 0.131. The molecule has 0 radical (unpaired) electrons. The molecule has 1 aromatic heterocycles. The van der Waals surface area contributed by atoms with Crippen LogP contribution in [0.3, 0.4) is 0 Å². The molecule has 238 valence electrons. The van der Waals surface area contributed by atoms with Gasteiger partial charge in [0, 0.05) is 42.5 Å². The predicted octanol–water partition coefficient (Wildman–Crippen LogP) is 8.39. The molecular weight excluding hydrogens is 562 g/mol. The van der Waals surface area contributed by atoms with E-state index < -0.39 is 23.5 Å². The van der Waals surface area contributed by atoms with E-state index in [1.807, 2.05) is 47.6 Å². The van der Waals surface area contributed by atoms with E-state index in [9.17, 15) is 9.18 Å². The lowest BCUT2D eigenvalue weighted by atomic mass is 9.82. The molecule has 1 fully saturated rings. The van der Waals surface area contributed by atoms with Crippen LogP contribution in [0.2, 0.25) is 0 Å². The first-order chi connectivity index (χ1) is 20.6. The summed E-state index contributed by atoms with van der Waals surface area (Å²) < 4.78 is 46.6. The van der Waals surface area contributed by atoms with Gasteiger partial charge in [-0.3, -0.25) is 4.98 Å². The minimum Gasteiger partial charge on any atom is -0.490 e. The van der Waals surface area contributed by atoms with Gasteiger partial charge in [0.2, 0.25) is 0 Å². The summed E-state index contributed by atoms with van der Waals surface area (Å²) in [6, 6.07) is 11.1. The quantitative estimate of drug-likeness (QED) is 0.216. The van der Waals surface area contributed by atoms with Crippen molar-refractivity contribution < 1.29 is 27.8 Å². The number of carbonyl (C=O) groups is 1. The maximum atomic E-state index is 15.5. The topological polar surface area (TPSA) is 60.9 Å². The molecular formula is C36H46F2N2O4. The van der Waals surface area contributed by atoms with Gasteiger partial charge in [0.05, 0.1) is 24.0 Å². The molecule has 1 atom stereocenters. The minimum atomic E-state index is -1.02. The van der Waals surface area contributed by atoms with Crippen molar-refractivity contribution in [3.8, 4) is 16.9 Å². The highest BCUT2D eigenvalue weighted by molar-refractivity contribution is 5.87. The van der Waals surface area contributed by atoms with Gasteiger partial charge in [-0.15, -0.1) is 0 Å². The number of anilines is 1. The number of nitrogens with zero attached hydrogens (tertiary/aromatic N) is 2. The van der Waals surface area contributed by atoms with E-state index in [2.05, 4.69) is 18.7 Å². The predicted molar refractivity (Wildman–Crippen MR) is 170 cm³/mol. The standard InChI is InChI=1S/C36H46F2N2O4/c1-23(2)43-34(41)33(44-35(4,5)6)31-24(3)39-22-28(32(31)40-18-16-36(7,8)17-19-40)26-11-14-30(29(38)21-26)42-20-15-25-9-12-27(37)13-10-25/h9-14,21-23,33H,15-20H2,1-8H3/t33-/m0/s1. The third kappa shape index (κ3) is 8.56. The van der Waals surface area contributed by atoms with Crippen LogP contribution in [0.1, 0.15) is 84.2 Å². The van der Waals surface area contributed by atoms with Crippen molar-refractivity contribution in [3.05, 3.63) is 77.1 Å². The molecule has 1 saturated heterocycles. The molecule has 8 heteroatoms. The second-order valence-corrected chi connectivity index (χ2v) is 13.6. The van der Waals surface area contributed by atoms with Crippen LogP contribution in [0.5, 0.6) is 5.75 Å². The normalized spacial score (nSPS) is 15.8. The number of benzene rings is 2. The molecule has 1 aliphatic rings. The second kappa shape index (κ2) is 13.6. The average Bonchev–Trinajstić information content (AvgIpc) is 2.93. The highest BCUT2D eigenvalue weighted by Crippen LogP contribution is 2.44. The summed E-state index contributed by atoms with van der Waals surface area (Å²) >= 11 is 0. The number of pyridine rings is 1. The fraction of sp³-hybridized carbons (Fsp3) is 0.500. The zero-order chi connectivity index (χ0) is 32.2. The van der Waals surface area contributed by atoms with Gasteiger partial charge in [-0.25, -0.2) is 13.6 Å². The summed E-state index contributed by atoms with van der Waals surface area (Å²) in [6.07, 6.45) is 2.85. The van der Waals surface area contributed by atoms with Crippen molar-refractivity contribution >= 4 is 11.7 Å². The number of aromatic nitrogens is 1. The molecule has 0 saturated carbocycles. The van der Waals surface area contributed by atoms with Gasteiger partial charge in [-0.2, -0.15) is 0 Å². The van der Waals surface area contributed by atoms with E-state index in [-0.39, 0.29) is 29.7 Å². The SMILES string of the molecule is Cc1ncc(-c2ccc(OCCc3ccc(F)cc3)c(F)c2)c(N2CCC(C)(C)CC2)c1[C@H](OC(C)(C)C)C(=O)OC(C)C. The Bertz CT molecular complexity index is 1440. The summed E-state index contributed by atoms with van der Waals surface area (Å²) in [4.78, 5) is 20.6. The molecule has 0 aliphatic carbocycles. The summed E-state index contributed by atoms with van der Waals surface area (Å²) in [5.41, 5.74) is 3.88. The summed E-state index contributed by atoms with van der Waals surface area (Å²) in [6.45, 7) is 17.5. The molecule has 0 spiro atoms. The highest BCUT2D eigenvalue weighted by atomic mass is 19.1. The molecule has 0 unspecified atom stereocenters. The highest BCUT2D eigenvalue weighted by Gasteiger charge is 2.37. The molecule has 0 bridgehead atoms. The molecule has 0 amide bonds. The first-order valence-corrected chi connectivity index (χ1v) is 15.4. The summed E-state index contributed by atoms with van der Waals surface area (Å²) in [5, 5.41) is 0. The van der Waals surface area contributed by atoms with Crippen LogP contribution in [-0.4, -0.2) is 42.4 Å². The Labute approximate surface area is 260 Å². The van der Waals surface area contributed by atoms with Gasteiger partial charge in [-0.1, -0.05) is 32.0 Å². The second-order valence-electron chi connectivity index (χ2n) is 13.6. The van der Waals surface area contributed by atoms with Gasteiger partial charge in [0.15, 0.2) is 17.7 Å². The molecule has 6 nitrogen and oxygen atoms in total. The van der Waals surface area contributed by atoms with Crippen molar-refractivity contribution in [1.29, 1.82) is 0 Å². The monoisotopic (exact) mass is 608 g/mol. The molecule has 2 aromatic carbocycles. The molecule has 3 aromatic rings. The van der Waals surface area contributed by atoms with E-state index in [1.165, 1.54) is 18.2 Å². The number of ether oxygens (including phenoxy) is 3. The van der Waals surface area contributed by atoms with Crippen LogP contribution in [0.25, 0.3) is 11.1 Å². The van der Waals surface area contributed by atoms with Gasteiger partial charge >= 0.3 is 5.97 Å². The number of carbonyl (C=O) groups excluding carboxylic acids is 1. The fourth-order valence-electron chi connectivity index (χ4n) is 5.40. The van der Waals surface area contributed by atoms with Gasteiger partial charge in [-0.05, 0) is 95.2 Å². The van der Waals surface area contributed by atoms with E-state index >= 15 is 4.39 Å². The maximum absolute atomic E-state index is 15.5. The number of rotatable bonds is 10. The van der Waals surface area contributed by atoms with Crippen molar-refractivity contribution in [2.45, 2.75) is 92.5 Å². The number of esters is 1. The lowest BCUT2D eigenvalue weighted by Crippen LogP contribution is -2.39. The Hall–Kier alpha value is -3.52. The van der Waals surface area contributed by atoms with E-state index in [0.717, 1.165) is 37.2 Å². The fourth-order valence-corrected chi connectivity index (χ4v) is 5.40. The van der Waals surface area contributed by atoms with Crippen LogP contribution in [0.4, 0.5) is 14.5 Å². The first kappa shape index (κ1) is 33.4. The lowest BCUT2D eigenvalue weighted by molar-refractivity contribution is -0.171. The zero-order valence-corrected chi connectivity index (χ0v) is 27.3. The first-order valence-electron chi connectivity index (χ1n) is 15.4. The van der Waals surface area contributed by atoms with E-state index in [1.54, 1.807) is 24.4 Å². The molecule has 44 heavy (non-hydrogen) atoms. The maximum Gasteiger partial charge on any atom is 0.340 e. The van der Waals surface area contributed by atoms with Gasteiger partial charge in [0.1, 0.15) is 5.82 Å². The number of halogens is 2. The van der Waals surface area contributed by atoms with Crippen LogP contribution in [0.15, 0.2) is 48.7 Å². The third-order valence-corrected chi connectivity index (χ3v) is 7.82. The number of piperidine rings is 1. The smallest absolute Gasteiger partial charge is 0.340 e.